The van der Waals surface area contributed by atoms with Crippen molar-refractivity contribution in [2.24, 2.45) is 0 Å². The van der Waals surface area contributed by atoms with Crippen molar-refractivity contribution in [3.63, 3.8) is 0 Å². The number of nitriles is 1. The van der Waals surface area contributed by atoms with Crippen LogP contribution < -0.4 is 0 Å². The van der Waals surface area contributed by atoms with Gasteiger partial charge in [0.2, 0.25) is 0 Å². The minimum Gasteiger partial charge on any atom is -0.293 e. The van der Waals surface area contributed by atoms with Crippen LogP contribution in [0.1, 0.15) is 21.5 Å². The molecular formula is C10H4BrF3INO. The molecule has 0 aliphatic carbocycles. The van der Waals surface area contributed by atoms with E-state index in [0.29, 0.717) is 3.57 Å². The molecule has 7 heteroatoms. The number of hydrogen-bond donors (Lipinski definition) is 0. The van der Waals surface area contributed by atoms with Gasteiger partial charge in [-0.2, -0.15) is 18.4 Å². The van der Waals surface area contributed by atoms with Crippen molar-refractivity contribution in [1.29, 1.82) is 5.26 Å². The van der Waals surface area contributed by atoms with Gasteiger partial charge in [0, 0.05) is 3.57 Å². The van der Waals surface area contributed by atoms with E-state index in [2.05, 4.69) is 15.9 Å². The second-order valence-electron chi connectivity index (χ2n) is 3.01. The van der Waals surface area contributed by atoms with E-state index in [9.17, 15) is 18.0 Å². The van der Waals surface area contributed by atoms with E-state index >= 15 is 0 Å². The lowest BCUT2D eigenvalue weighted by Gasteiger charge is -2.12. The molecule has 0 aliphatic heterocycles. The highest BCUT2D eigenvalue weighted by Crippen LogP contribution is 2.34. The number of alkyl halides is 4. The monoisotopic (exact) mass is 417 g/mol. The third kappa shape index (κ3) is 2.98. The fourth-order valence-electron chi connectivity index (χ4n) is 1.27. The molecule has 17 heavy (non-hydrogen) atoms. The number of benzene rings is 1. The molecular weight excluding hydrogens is 414 g/mol. The maximum Gasteiger partial charge on any atom is 0.417 e. The molecule has 0 radical (unpaired) electrons. The number of Topliss-reactive ketones (excluding diaryl/α,β-unsaturated/α-hetero) is 1. The zero-order valence-corrected chi connectivity index (χ0v) is 11.9. The van der Waals surface area contributed by atoms with Gasteiger partial charge in [0.05, 0.1) is 22.0 Å². The highest BCUT2D eigenvalue weighted by atomic mass is 127. The zero-order valence-electron chi connectivity index (χ0n) is 8.11. The average molecular weight is 418 g/mol. The van der Waals surface area contributed by atoms with Crippen LogP contribution in [0.4, 0.5) is 13.2 Å². The van der Waals surface area contributed by atoms with Crippen LogP contribution in [0.2, 0.25) is 0 Å². The minimum absolute atomic E-state index is 0.126. The number of rotatable bonds is 2. The molecule has 0 fully saturated rings. The van der Waals surface area contributed by atoms with Gasteiger partial charge in [-0.15, -0.1) is 0 Å². The minimum atomic E-state index is -4.64. The molecule has 1 rings (SSSR count). The zero-order chi connectivity index (χ0) is 13.2. The van der Waals surface area contributed by atoms with Gasteiger partial charge >= 0.3 is 6.18 Å². The van der Waals surface area contributed by atoms with Crippen molar-refractivity contribution in [3.05, 3.63) is 32.4 Å². The molecule has 1 aromatic carbocycles. The van der Waals surface area contributed by atoms with Crippen molar-refractivity contribution in [2.45, 2.75) is 6.18 Å². The molecule has 0 amide bonds. The second kappa shape index (κ2) is 5.35. The quantitative estimate of drug-likeness (QED) is 0.417. The van der Waals surface area contributed by atoms with E-state index in [-0.39, 0.29) is 10.9 Å². The molecule has 0 saturated carbocycles. The molecule has 90 valence electrons. The molecule has 0 unspecified atom stereocenters. The van der Waals surface area contributed by atoms with Gasteiger partial charge in [-0.25, -0.2) is 0 Å². The Morgan fingerprint density at radius 3 is 2.47 bits per heavy atom. The third-order valence-corrected chi connectivity index (χ3v) is 3.38. The average Bonchev–Trinajstić information content (AvgIpc) is 2.25. The molecule has 2 nitrogen and oxygen atoms in total. The first-order chi connectivity index (χ1) is 7.82. The van der Waals surface area contributed by atoms with Crippen molar-refractivity contribution in [3.8, 4) is 6.07 Å². The van der Waals surface area contributed by atoms with Crippen LogP contribution >= 0.6 is 38.5 Å². The number of halogens is 5. The maximum absolute atomic E-state index is 12.6. The third-order valence-electron chi connectivity index (χ3n) is 1.97. The maximum atomic E-state index is 12.6. The molecule has 1 aromatic rings. The highest BCUT2D eigenvalue weighted by molar-refractivity contribution is 14.1. The fourth-order valence-corrected chi connectivity index (χ4v) is 2.30. The topological polar surface area (TPSA) is 40.9 Å². The lowest BCUT2D eigenvalue weighted by Crippen LogP contribution is -2.14. The van der Waals surface area contributed by atoms with Gasteiger partial charge in [-0.05, 0) is 34.7 Å². The summed E-state index contributed by atoms with van der Waals surface area (Å²) in [4.78, 5) is 11.5. The van der Waals surface area contributed by atoms with Gasteiger partial charge in [0.25, 0.3) is 0 Å². The van der Waals surface area contributed by atoms with E-state index in [1.807, 2.05) is 0 Å². The van der Waals surface area contributed by atoms with Crippen LogP contribution in [-0.4, -0.2) is 11.1 Å². The summed E-state index contributed by atoms with van der Waals surface area (Å²) in [5, 5.41) is 8.68. The first kappa shape index (κ1) is 14.4. The molecule has 0 atom stereocenters. The summed E-state index contributed by atoms with van der Waals surface area (Å²) < 4.78 is 38.2. The molecule has 0 aliphatic rings. The Morgan fingerprint density at radius 1 is 1.47 bits per heavy atom. The van der Waals surface area contributed by atoms with E-state index in [1.165, 1.54) is 12.1 Å². The van der Waals surface area contributed by atoms with Crippen molar-refractivity contribution in [1.82, 2.24) is 0 Å². The summed E-state index contributed by atoms with van der Waals surface area (Å²) in [7, 11) is 0. The van der Waals surface area contributed by atoms with E-state index < -0.39 is 23.1 Å². The van der Waals surface area contributed by atoms with Gasteiger partial charge < -0.3 is 0 Å². The Hall–Kier alpha value is -0.620. The first-order valence-corrected chi connectivity index (χ1v) is 6.42. The summed E-state index contributed by atoms with van der Waals surface area (Å²) >= 11 is 4.61. The van der Waals surface area contributed by atoms with Crippen LogP contribution in [0.25, 0.3) is 0 Å². The smallest absolute Gasteiger partial charge is 0.293 e. The summed E-state index contributed by atoms with van der Waals surface area (Å²) in [6, 6.07) is 3.45. The molecule has 0 heterocycles. The van der Waals surface area contributed by atoms with Gasteiger partial charge in [0.1, 0.15) is 6.07 Å². The summed E-state index contributed by atoms with van der Waals surface area (Å²) in [5.41, 5.74) is -1.88. The number of carbonyl (C=O) groups is 1. The Bertz CT molecular complexity index is 507. The molecule has 0 spiro atoms. The van der Waals surface area contributed by atoms with Crippen LogP contribution in [0.3, 0.4) is 0 Å². The number of nitrogens with zero attached hydrogens (tertiary/aromatic N) is 1. The molecule has 0 bridgehead atoms. The van der Waals surface area contributed by atoms with Crippen LogP contribution in [-0.2, 0) is 6.18 Å². The largest absolute Gasteiger partial charge is 0.417 e. The van der Waals surface area contributed by atoms with E-state index in [1.54, 1.807) is 22.6 Å². The van der Waals surface area contributed by atoms with Crippen LogP contribution in [0.15, 0.2) is 12.1 Å². The van der Waals surface area contributed by atoms with E-state index in [4.69, 9.17) is 5.26 Å². The van der Waals surface area contributed by atoms with Gasteiger partial charge in [0.15, 0.2) is 5.78 Å². The predicted molar refractivity (Wildman–Crippen MR) is 67.0 cm³/mol. The Kier molecular flexibility index (Phi) is 4.55. The Labute approximate surface area is 117 Å². The van der Waals surface area contributed by atoms with Crippen LogP contribution in [0.5, 0.6) is 0 Å². The predicted octanol–water partition coefficient (Wildman–Crippen LogP) is 3.76. The Morgan fingerprint density at radius 2 is 2.06 bits per heavy atom. The molecule has 0 saturated heterocycles. The Balaban J connectivity index is 3.61. The van der Waals surface area contributed by atoms with Gasteiger partial charge in [-0.3, -0.25) is 4.79 Å². The SMILES string of the molecule is N#Cc1c(C(F)(F)F)ccc(I)c1C(=O)CBr. The summed E-state index contributed by atoms with van der Waals surface area (Å²) in [6.45, 7) is 0. The van der Waals surface area contributed by atoms with Crippen LogP contribution in [0, 0.1) is 14.9 Å². The van der Waals surface area contributed by atoms with Gasteiger partial charge in [-0.1, -0.05) is 15.9 Å². The normalized spacial score (nSPS) is 11.1. The summed E-state index contributed by atoms with van der Waals surface area (Å²) in [5.74, 6) is -0.544. The van der Waals surface area contributed by atoms with E-state index in [0.717, 1.165) is 6.07 Å². The first-order valence-electron chi connectivity index (χ1n) is 4.22. The summed E-state index contributed by atoms with van der Waals surface area (Å²) in [6.07, 6.45) is -4.64. The fraction of sp³-hybridized carbons (Fsp3) is 0.200. The molecule has 0 aromatic heterocycles. The molecule has 0 N–H and O–H groups in total. The van der Waals surface area contributed by atoms with Crippen molar-refractivity contribution < 1.29 is 18.0 Å². The van der Waals surface area contributed by atoms with Crippen molar-refractivity contribution >= 4 is 44.3 Å². The highest BCUT2D eigenvalue weighted by Gasteiger charge is 2.35. The van der Waals surface area contributed by atoms with Crippen molar-refractivity contribution in [2.75, 3.05) is 5.33 Å². The second-order valence-corrected chi connectivity index (χ2v) is 4.73. The number of hydrogen-bond acceptors (Lipinski definition) is 2. The lowest BCUT2D eigenvalue weighted by atomic mass is 9.99. The lowest BCUT2D eigenvalue weighted by molar-refractivity contribution is -0.137. The number of carbonyl (C=O) groups excluding carboxylic acids is 1. The standard InChI is InChI=1S/C10H4BrF3INO/c11-3-8(17)9-5(4-16)6(10(12,13)14)1-2-7(9)15/h1-2H,3H2. The number of ketones is 1.